The highest BCUT2D eigenvalue weighted by Crippen LogP contribution is 2.38. The molecule has 0 radical (unpaired) electrons. The van der Waals surface area contributed by atoms with Crippen LogP contribution in [0.15, 0.2) is 12.1 Å². The first-order valence-electron chi connectivity index (χ1n) is 6.45. The van der Waals surface area contributed by atoms with Gasteiger partial charge in [0.25, 0.3) is 0 Å². The third-order valence-electron chi connectivity index (χ3n) is 3.53. The second kappa shape index (κ2) is 5.92. The summed E-state index contributed by atoms with van der Waals surface area (Å²) in [7, 11) is 0. The maximum atomic E-state index is 13.5. The Bertz CT molecular complexity index is 421. The van der Waals surface area contributed by atoms with Crippen LogP contribution in [0.1, 0.15) is 37.9 Å². The fraction of sp³-hybridized carbons (Fsp3) is 0.571. The number of benzene rings is 1. The van der Waals surface area contributed by atoms with Crippen molar-refractivity contribution < 1.29 is 23.0 Å². The van der Waals surface area contributed by atoms with Gasteiger partial charge in [0.2, 0.25) is 0 Å². The van der Waals surface area contributed by atoms with Crippen LogP contribution < -0.4 is 0 Å². The molecular formula is C14H17F3O2. The molecule has 2 rings (SSSR count). The Morgan fingerprint density at radius 1 is 1.26 bits per heavy atom. The first-order chi connectivity index (χ1) is 9.01. The topological polar surface area (TPSA) is 29.5 Å². The van der Waals surface area contributed by atoms with Gasteiger partial charge in [-0.05, 0) is 32.1 Å². The zero-order valence-corrected chi connectivity index (χ0v) is 10.7. The smallest absolute Gasteiger partial charge is 0.134 e. The quantitative estimate of drug-likeness (QED) is 0.892. The van der Waals surface area contributed by atoms with E-state index in [1.165, 1.54) is 0 Å². The Morgan fingerprint density at radius 3 is 2.37 bits per heavy atom. The highest BCUT2D eigenvalue weighted by Gasteiger charge is 2.32. The van der Waals surface area contributed by atoms with E-state index in [2.05, 4.69) is 0 Å². The Morgan fingerprint density at radius 2 is 1.84 bits per heavy atom. The van der Waals surface area contributed by atoms with Gasteiger partial charge in [0.15, 0.2) is 0 Å². The summed E-state index contributed by atoms with van der Waals surface area (Å²) in [5, 5.41) is 9.88. The van der Waals surface area contributed by atoms with Crippen LogP contribution in [0.5, 0.6) is 0 Å². The maximum Gasteiger partial charge on any atom is 0.134 e. The molecule has 1 N–H and O–H groups in total. The van der Waals surface area contributed by atoms with Crippen LogP contribution in [0.3, 0.4) is 0 Å². The van der Waals surface area contributed by atoms with E-state index in [1.807, 2.05) is 6.92 Å². The Labute approximate surface area is 110 Å². The maximum absolute atomic E-state index is 13.5. The van der Waals surface area contributed by atoms with Crippen molar-refractivity contribution in [1.29, 1.82) is 0 Å². The van der Waals surface area contributed by atoms with E-state index in [0.29, 0.717) is 18.7 Å². The minimum atomic E-state index is -1.24. The van der Waals surface area contributed by atoms with Crippen molar-refractivity contribution in [2.24, 2.45) is 5.92 Å². The van der Waals surface area contributed by atoms with Crippen molar-refractivity contribution in [3.05, 3.63) is 35.1 Å². The zero-order valence-electron chi connectivity index (χ0n) is 10.7. The van der Waals surface area contributed by atoms with Crippen molar-refractivity contribution in [2.75, 3.05) is 6.61 Å². The molecule has 106 valence electrons. The summed E-state index contributed by atoms with van der Waals surface area (Å²) in [5.74, 6) is -2.86. The summed E-state index contributed by atoms with van der Waals surface area (Å²) in [6, 6.07) is 1.18. The number of hydrogen-bond acceptors (Lipinski definition) is 2. The minimum Gasteiger partial charge on any atom is -0.388 e. The fourth-order valence-corrected chi connectivity index (χ4v) is 2.54. The lowest BCUT2D eigenvalue weighted by Gasteiger charge is -2.36. The monoisotopic (exact) mass is 274 g/mol. The lowest BCUT2D eigenvalue weighted by molar-refractivity contribution is -0.0385. The molecule has 0 amide bonds. The SMILES string of the molecule is CCOC1CC(CC(O)c2c(F)cc(F)cc2F)C1. The van der Waals surface area contributed by atoms with Gasteiger partial charge >= 0.3 is 0 Å². The predicted octanol–water partition coefficient (Wildman–Crippen LogP) is 3.34. The molecule has 1 saturated carbocycles. The number of aliphatic hydroxyl groups excluding tert-OH is 1. The summed E-state index contributed by atoms with van der Waals surface area (Å²) in [4.78, 5) is 0. The van der Waals surface area contributed by atoms with E-state index in [9.17, 15) is 18.3 Å². The van der Waals surface area contributed by atoms with Crippen LogP contribution in [0.2, 0.25) is 0 Å². The summed E-state index contributed by atoms with van der Waals surface area (Å²) in [6.07, 6.45) is 0.784. The van der Waals surface area contributed by atoms with Crippen molar-refractivity contribution >= 4 is 0 Å². The summed E-state index contributed by atoms with van der Waals surface area (Å²) in [5.41, 5.74) is -0.443. The van der Waals surface area contributed by atoms with Gasteiger partial charge in [0.05, 0.1) is 17.8 Å². The molecule has 19 heavy (non-hydrogen) atoms. The van der Waals surface area contributed by atoms with E-state index < -0.39 is 29.1 Å². The average molecular weight is 274 g/mol. The molecule has 0 heterocycles. The summed E-state index contributed by atoms with van der Waals surface area (Å²) < 4.78 is 45.1. The Kier molecular flexibility index (Phi) is 4.47. The van der Waals surface area contributed by atoms with E-state index in [1.54, 1.807) is 0 Å². The van der Waals surface area contributed by atoms with Crippen LogP contribution in [0.4, 0.5) is 13.2 Å². The van der Waals surface area contributed by atoms with Crippen molar-refractivity contribution in [3.8, 4) is 0 Å². The molecular weight excluding hydrogens is 257 g/mol. The van der Waals surface area contributed by atoms with E-state index in [0.717, 1.165) is 12.8 Å². The van der Waals surface area contributed by atoms with Gasteiger partial charge in [0, 0.05) is 18.7 Å². The number of hydrogen-bond donors (Lipinski definition) is 1. The molecule has 2 nitrogen and oxygen atoms in total. The van der Waals surface area contributed by atoms with Crippen molar-refractivity contribution in [1.82, 2.24) is 0 Å². The van der Waals surface area contributed by atoms with Crippen LogP contribution >= 0.6 is 0 Å². The number of aliphatic hydroxyl groups is 1. The van der Waals surface area contributed by atoms with Crippen LogP contribution in [0, 0.1) is 23.4 Å². The van der Waals surface area contributed by atoms with Crippen LogP contribution in [-0.4, -0.2) is 17.8 Å². The first-order valence-corrected chi connectivity index (χ1v) is 6.45. The molecule has 0 bridgehead atoms. The molecule has 1 aromatic carbocycles. The second-order valence-corrected chi connectivity index (χ2v) is 4.95. The fourth-order valence-electron chi connectivity index (χ4n) is 2.54. The third-order valence-corrected chi connectivity index (χ3v) is 3.53. The molecule has 1 aliphatic carbocycles. The predicted molar refractivity (Wildman–Crippen MR) is 64.0 cm³/mol. The molecule has 1 fully saturated rings. The second-order valence-electron chi connectivity index (χ2n) is 4.95. The highest BCUT2D eigenvalue weighted by molar-refractivity contribution is 5.23. The van der Waals surface area contributed by atoms with E-state index in [-0.39, 0.29) is 18.4 Å². The molecule has 0 aromatic heterocycles. The van der Waals surface area contributed by atoms with Crippen LogP contribution in [-0.2, 0) is 4.74 Å². The number of rotatable bonds is 5. The minimum absolute atomic E-state index is 0.185. The van der Waals surface area contributed by atoms with Crippen LogP contribution in [0.25, 0.3) is 0 Å². The van der Waals surface area contributed by atoms with Gasteiger partial charge in [-0.3, -0.25) is 0 Å². The third kappa shape index (κ3) is 3.28. The van der Waals surface area contributed by atoms with Gasteiger partial charge in [-0.25, -0.2) is 13.2 Å². The van der Waals surface area contributed by atoms with Gasteiger partial charge in [-0.1, -0.05) is 0 Å². The van der Waals surface area contributed by atoms with Gasteiger partial charge in [0.1, 0.15) is 17.5 Å². The molecule has 0 spiro atoms. The molecule has 0 saturated heterocycles. The van der Waals surface area contributed by atoms with E-state index in [4.69, 9.17) is 4.74 Å². The largest absolute Gasteiger partial charge is 0.388 e. The number of halogens is 3. The number of ether oxygens (including phenoxy) is 1. The molecule has 5 heteroatoms. The van der Waals surface area contributed by atoms with Gasteiger partial charge in [-0.2, -0.15) is 0 Å². The first kappa shape index (κ1) is 14.3. The Hall–Kier alpha value is -1.07. The van der Waals surface area contributed by atoms with Gasteiger partial charge < -0.3 is 9.84 Å². The lowest BCUT2D eigenvalue weighted by Crippen LogP contribution is -2.32. The Balaban J connectivity index is 1.96. The standard InChI is InChI=1S/C14H17F3O2/c1-2-19-10-3-8(4-10)5-13(18)14-11(16)6-9(15)7-12(14)17/h6-8,10,13,18H,2-5H2,1H3. The highest BCUT2D eigenvalue weighted by atomic mass is 19.1. The molecule has 1 aliphatic rings. The normalized spacial score (nSPS) is 24.1. The van der Waals surface area contributed by atoms with E-state index >= 15 is 0 Å². The lowest BCUT2D eigenvalue weighted by atomic mass is 9.78. The average Bonchev–Trinajstić information content (AvgIpc) is 2.24. The molecule has 1 aromatic rings. The van der Waals surface area contributed by atoms with Gasteiger partial charge in [-0.15, -0.1) is 0 Å². The molecule has 1 unspecified atom stereocenters. The summed E-state index contributed by atoms with van der Waals surface area (Å²) in [6.45, 7) is 2.55. The summed E-state index contributed by atoms with van der Waals surface area (Å²) >= 11 is 0. The molecule has 1 atom stereocenters. The van der Waals surface area contributed by atoms with Crippen molar-refractivity contribution in [2.45, 2.75) is 38.4 Å². The van der Waals surface area contributed by atoms with Crippen molar-refractivity contribution in [3.63, 3.8) is 0 Å². The zero-order chi connectivity index (χ0) is 14.0. The molecule has 0 aliphatic heterocycles.